The largest absolute Gasteiger partial charge is 0.338 e. The Morgan fingerprint density at radius 2 is 1.96 bits per heavy atom. The van der Waals surface area contributed by atoms with E-state index in [1.807, 2.05) is 18.2 Å². The fourth-order valence-corrected chi connectivity index (χ4v) is 4.12. The number of hydrogen-bond acceptors (Lipinski definition) is 4. The van der Waals surface area contributed by atoms with Crippen LogP contribution in [0.2, 0.25) is 0 Å². The first-order valence-corrected chi connectivity index (χ1v) is 9.65. The van der Waals surface area contributed by atoms with Crippen molar-refractivity contribution >= 4 is 29.5 Å². The molecule has 2 heterocycles. The molecule has 6 nitrogen and oxygen atoms in total. The van der Waals surface area contributed by atoms with Crippen LogP contribution in [0.4, 0.5) is 0 Å². The van der Waals surface area contributed by atoms with E-state index in [4.69, 9.17) is 0 Å². The number of nitrogens with zero attached hydrogens (tertiary/aromatic N) is 3. The zero-order chi connectivity index (χ0) is 17.8. The summed E-state index contributed by atoms with van der Waals surface area (Å²) >= 11 is 1.74. The zero-order valence-electron chi connectivity index (χ0n) is 14.4. The minimum atomic E-state index is -0.513. The fourth-order valence-electron chi connectivity index (χ4n) is 3.23. The van der Waals surface area contributed by atoms with E-state index in [1.54, 1.807) is 28.6 Å². The summed E-state index contributed by atoms with van der Waals surface area (Å²) in [4.78, 5) is 41.6. The number of hydrogen-bond donors (Lipinski definition) is 0. The zero-order valence-corrected chi connectivity index (χ0v) is 15.2. The second-order valence-electron chi connectivity index (χ2n) is 6.43. The molecule has 2 aliphatic heterocycles. The summed E-state index contributed by atoms with van der Waals surface area (Å²) in [6, 6.07) is 9.67. The van der Waals surface area contributed by atoms with Crippen LogP contribution in [0.15, 0.2) is 30.3 Å². The van der Waals surface area contributed by atoms with Gasteiger partial charge in [-0.1, -0.05) is 30.3 Å². The summed E-state index contributed by atoms with van der Waals surface area (Å²) in [6.45, 7) is 1.42. The SMILES string of the molecule is CN1CC(=O)N2CCN(C(=O)CCSCc3ccccc3)C[C@H]2C1=O. The number of benzene rings is 1. The van der Waals surface area contributed by atoms with Crippen molar-refractivity contribution in [3.8, 4) is 0 Å². The molecule has 1 aromatic carbocycles. The van der Waals surface area contributed by atoms with Gasteiger partial charge in [0.05, 0.1) is 13.1 Å². The van der Waals surface area contributed by atoms with Gasteiger partial charge >= 0.3 is 0 Å². The minimum Gasteiger partial charge on any atom is -0.338 e. The summed E-state index contributed by atoms with van der Waals surface area (Å²) in [6.07, 6.45) is 0.461. The van der Waals surface area contributed by atoms with Crippen LogP contribution < -0.4 is 0 Å². The molecule has 0 bridgehead atoms. The van der Waals surface area contributed by atoms with E-state index in [9.17, 15) is 14.4 Å². The van der Waals surface area contributed by atoms with Crippen molar-refractivity contribution in [2.45, 2.75) is 18.2 Å². The highest BCUT2D eigenvalue weighted by Crippen LogP contribution is 2.19. The normalized spacial score (nSPS) is 20.7. The van der Waals surface area contributed by atoms with E-state index in [0.717, 1.165) is 11.5 Å². The van der Waals surface area contributed by atoms with Crippen LogP contribution in [0, 0.1) is 0 Å². The number of fused-ring (bicyclic) bond motifs is 1. The van der Waals surface area contributed by atoms with Crippen LogP contribution in [-0.4, -0.2) is 77.4 Å². The fraction of sp³-hybridized carbons (Fsp3) is 0.500. The summed E-state index contributed by atoms with van der Waals surface area (Å²) in [7, 11) is 1.64. The Balaban J connectivity index is 1.47. The van der Waals surface area contributed by atoms with Gasteiger partial charge in [0.1, 0.15) is 6.04 Å². The van der Waals surface area contributed by atoms with Gasteiger partial charge in [0.2, 0.25) is 17.7 Å². The van der Waals surface area contributed by atoms with Gasteiger partial charge in [-0.2, -0.15) is 11.8 Å². The Morgan fingerprint density at radius 3 is 2.72 bits per heavy atom. The number of thioether (sulfide) groups is 1. The van der Waals surface area contributed by atoms with E-state index in [2.05, 4.69) is 12.1 Å². The average molecular weight is 361 g/mol. The lowest BCUT2D eigenvalue weighted by molar-refractivity contribution is -0.160. The van der Waals surface area contributed by atoms with Crippen LogP contribution in [0.3, 0.4) is 0 Å². The molecule has 134 valence electrons. The maximum Gasteiger partial charge on any atom is 0.247 e. The first kappa shape index (κ1) is 17.8. The van der Waals surface area contributed by atoms with Crippen LogP contribution in [-0.2, 0) is 20.1 Å². The first-order valence-electron chi connectivity index (χ1n) is 8.50. The highest BCUT2D eigenvalue weighted by molar-refractivity contribution is 7.98. The highest BCUT2D eigenvalue weighted by atomic mass is 32.2. The van der Waals surface area contributed by atoms with Crippen LogP contribution >= 0.6 is 11.8 Å². The predicted octanol–water partition coefficient (Wildman–Crippen LogP) is 0.821. The number of carbonyl (C=O) groups excluding carboxylic acids is 3. The van der Waals surface area contributed by atoms with E-state index in [1.165, 1.54) is 10.5 Å². The molecule has 2 fully saturated rings. The molecule has 2 aliphatic rings. The van der Waals surface area contributed by atoms with E-state index < -0.39 is 6.04 Å². The van der Waals surface area contributed by atoms with Crippen molar-refractivity contribution in [2.24, 2.45) is 0 Å². The van der Waals surface area contributed by atoms with E-state index >= 15 is 0 Å². The molecular weight excluding hydrogens is 338 g/mol. The third kappa shape index (κ3) is 4.15. The van der Waals surface area contributed by atoms with Gasteiger partial charge in [-0.15, -0.1) is 0 Å². The van der Waals surface area contributed by atoms with Gasteiger partial charge in [-0.05, 0) is 5.56 Å². The van der Waals surface area contributed by atoms with Crippen LogP contribution in [0.1, 0.15) is 12.0 Å². The first-order chi connectivity index (χ1) is 12.1. The maximum absolute atomic E-state index is 12.4. The number of carbonyl (C=O) groups is 3. The van der Waals surface area contributed by atoms with E-state index in [0.29, 0.717) is 26.1 Å². The van der Waals surface area contributed by atoms with Crippen molar-refractivity contribution in [2.75, 3.05) is 39.0 Å². The maximum atomic E-state index is 12.4. The standard InChI is InChI=1S/C18H23N3O3S/c1-19-12-17(23)21-9-8-20(11-15(21)18(19)24)16(22)7-10-25-13-14-5-3-2-4-6-14/h2-6,15H,7-13H2,1H3/t15-/m0/s1. The third-order valence-corrected chi connectivity index (χ3v) is 5.69. The summed E-state index contributed by atoms with van der Waals surface area (Å²) in [5, 5.41) is 0. The Labute approximate surface area is 152 Å². The van der Waals surface area contributed by atoms with E-state index in [-0.39, 0.29) is 24.3 Å². The van der Waals surface area contributed by atoms with Crippen LogP contribution in [0.25, 0.3) is 0 Å². The quantitative estimate of drug-likeness (QED) is 0.729. The second-order valence-corrected chi connectivity index (χ2v) is 7.53. The van der Waals surface area contributed by atoms with Gasteiger partial charge in [0.25, 0.3) is 0 Å². The molecule has 3 rings (SSSR count). The Morgan fingerprint density at radius 1 is 1.20 bits per heavy atom. The second kappa shape index (κ2) is 7.91. The average Bonchev–Trinajstić information content (AvgIpc) is 2.63. The van der Waals surface area contributed by atoms with Crippen molar-refractivity contribution < 1.29 is 14.4 Å². The summed E-state index contributed by atoms with van der Waals surface area (Å²) in [5.74, 6) is 1.61. The molecule has 0 spiro atoms. The molecule has 3 amide bonds. The van der Waals surface area contributed by atoms with Crippen molar-refractivity contribution in [3.63, 3.8) is 0 Å². The van der Waals surface area contributed by atoms with Gasteiger partial charge in [-0.3, -0.25) is 14.4 Å². The molecule has 0 saturated carbocycles. The molecule has 0 radical (unpaired) electrons. The molecule has 0 aromatic heterocycles. The van der Waals surface area contributed by atoms with Gasteiger partial charge in [0.15, 0.2) is 0 Å². The monoisotopic (exact) mass is 361 g/mol. The lowest BCUT2D eigenvalue weighted by Crippen LogP contribution is -2.66. The molecule has 0 N–H and O–H groups in total. The molecular formula is C18H23N3O3S. The minimum absolute atomic E-state index is 0.0300. The smallest absolute Gasteiger partial charge is 0.247 e. The Hall–Kier alpha value is -2.02. The lowest BCUT2D eigenvalue weighted by Gasteiger charge is -2.45. The Kier molecular flexibility index (Phi) is 5.63. The topological polar surface area (TPSA) is 60.9 Å². The molecule has 0 unspecified atom stereocenters. The molecule has 7 heteroatoms. The van der Waals surface area contributed by atoms with Gasteiger partial charge in [0, 0.05) is 38.1 Å². The number of piperazine rings is 2. The van der Waals surface area contributed by atoms with Crippen molar-refractivity contribution in [3.05, 3.63) is 35.9 Å². The lowest BCUT2D eigenvalue weighted by atomic mass is 10.1. The van der Waals surface area contributed by atoms with Gasteiger partial charge in [-0.25, -0.2) is 0 Å². The van der Waals surface area contributed by atoms with Crippen molar-refractivity contribution in [1.29, 1.82) is 0 Å². The summed E-state index contributed by atoms with van der Waals surface area (Å²) in [5.41, 5.74) is 1.25. The number of likely N-dealkylation sites (N-methyl/N-ethyl adjacent to an activating group) is 1. The summed E-state index contributed by atoms with van der Waals surface area (Å²) < 4.78 is 0. The van der Waals surface area contributed by atoms with Crippen molar-refractivity contribution in [1.82, 2.24) is 14.7 Å². The molecule has 1 atom stereocenters. The highest BCUT2D eigenvalue weighted by Gasteiger charge is 2.42. The Bertz CT molecular complexity index is 652. The number of amides is 3. The van der Waals surface area contributed by atoms with Gasteiger partial charge < -0.3 is 14.7 Å². The molecule has 0 aliphatic carbocycles. The van der Waals surface area contributed by atoms with Crippen LogP contribution in [0.5, 0.6) is 0 Å². The molecule has 2 saturated heterocycles. The predicted molar refractivity (Wildman–Crippen MR) is 96.9 cm³/mol. The number of rotatable bonds is 5. The molecule has 1 aromatic rings. The molecule has 25 heavy (non-hydrogen) atoms. The third-order valence-electron chi connectivity index (χ3n) is 4.66.